The van der Waals surface area contributed by atoms with Gasteiger partial charge in [-0.05, 0) is 38.2 Å². The van der Waals surface area contributed by atoms with E-state index in [1.165, 1.54) is 11.3 Å². The molecule has 7 nitrogen and oxygen atoms in total. The predicted octanol–water partition coefficient (Wildman–Crippen LogP) is 3.16. The third-order valence-corrected chi connectivity index (χ3v) is 6.72. The van der Waals surface area contributed by atoms with E-state index < -0.39 is 5.91 Å². The van der Waals surface area contributed by atoms with E-state index in [4.69, 9.17) is 17.3 Å². The van der Waals surface area contributed by atoms with Crippen LogP contribution in [0, 0.1) is 0 Å². The Kier molecular flexibility index (Phi) is 6.48. The third kappa shape index (κ3) is 4.73. The van der Waals surface area contributed by atoms with Crippen LogP contribution in [0.1, 0.15) is 16.8 Å². The van der Waals surface area contributed by atoms with Crippen molar-refractivity contribution in [2.75, 3.05) is 51.6 Å². The first kappa shape index (κ1) is 21.0. The molecule has 2 aromatic heterocycles. The van der Waals surface area contributed by atoms with Gasteiger partial charge < -0.3 is 20.9 Å². The van der Waals surface area contributed by atoms with Crippen LogP contribution in [0.5, 0.6) is 0 Å². The number of likely N-dealkylation sites (N-methyl/N-ethyl adjacent to an activating group) is 1. The molecule has 3 N–H and O–H groups in total. The van der Waals surface area contributed by atoms with Crippen LogP contribution in [-0.2, 0) is 0 Å². The Labute approximate surface area is 184 Å². The Morgan fingerprint density at radius 2 is 2.10 bits per heavy atom. The molecule has 0 saturated carbocycles. The molecule has 1 saturated heterocycles. The number of benzene rings is 1. The zero-order chi connectivity index (χ0) is 21.1. The molecule has 0 unspecified atom stereocenters. The normalized spacial score (nSPS) is 15.5. The monoisotopic (exact) mass is 444 g/mol. The summed E-state index contributed by atoms with van der Waals surface area (Å²) in [6.45, 7) is 6.36. The smallest absolute Gasteiger partial charge is 0.249 e. The minimum absolute atomic E-state index is 0.443. The molecule has 1 fully saturated rings. The fraction of sp³-hybridized carbons (Fsp3) is 0.381. The van der Waals surface area contributed by atoms with Gasteiger partial charge in [-0.3, -0.25) is 4.79 Å². The minimum Gasteiger partial charge on any atom is -0.366 e. The lowest BCUT2D eigenvalue weighted by atomic mass is 10.1. The Morgan fingerprint density at radius 1 is 1.30 bits per heavy atom. The van der Waals surface area contributed by atoms with Crippen LogP contribution in [0.4, 0.5) is 5.95 Å². The van der Waals surface area contributed by atoms with E-state index >= 15 is 0 Å². The Balaban J connectivity index is 1.44. The van der Waals surface area contributed by atoms with Crippen molar-refractivity contribution in [1.82, 2.24) is 19.8 Å². The number of carbonyl (C=O) groups is 1. The summed E-state index contributed by atoms with van der Waals surface area (Å²) >= 11 is 7.92. The quantitative estimate of drug-likeness (QED) is 0.544. The maximum absolute atomic E-state index is 11.7. The number of hydrogen-bond acceptors (Lipinski definition) is 7. The molecule has 3 aromatic rings. The molecule has 1 amide bonds. The number of halogens is 1. The van der Waals surface area contributed by atoms with Crippen LogP contribution in [0.3, 0.4) is 0 Å². The van der Waals surface area contributed by atoms with Crippen LogP contribution >= 0.6 is 22.9 Å². The van der Waals surface area contributed by atoms with E-state index in [-0.39, 0.29) is 0 Å². The summed E-state index contributed by atoms with van der Waals surface area (Å²) in [5.74, 6) is 0.113. The van der Waals surface area contributed by atoms with Gasteiger partial charge in [-0.1, -0.05) is 17.7 Å². The van der Waals surface area contributed by atoms with Gasteiger partial charge in [-0.15, -0.1) is 11.3 Å². The van der Waals surface area contributed by atoms with Gasteiger partial charge in [0.2, 0.25) is 11.9 Å². The lowest BCUT2D eigenvalue weighted by molar-refractivity contribution is 0.100. The van der Waals surface area contributed by atoms with Crippen molar-refractivity contribution in [3.05, 3.63) is 41.0 Å². The van der Waals surface area contributed by atoms with Crippen LogP contribution in [0.2, 0.25) is 5.02 Å². The number of carbonyl (C=O) groups excluding carboxylic acids is 1. The number of fused-ring (bicyclic) bond motifs is 1. The molecule has 0 radical (unpaired) electrons. The third-order valence-electron chi connectivity index (χ3n) is 5.33. The molecular formula is C21H25ClN6OS. The molecule has 3 heterocycles. The number of primary amides is 1. The summed E-state index contributed by atoms with van der Waals surface area (Å²) in [4.78, 5) is 26.4. The Morgan fingerprint density at radius 3 is 2.87 bits per heavy atom. The van der Waals surface area contributed by atoms with E-state index in [1.807, 2.05) is 18.2 Å². The first-order valence-electron chi connectivity index (χ1n) is 10.0. The summed E-state index contributed by atoms with van der Waals surface area (Å²) in [5.41, 5.74) is 6.67. The molecule has 158 valence electrons. The van der Waals surface area contributed by atoms with Crippen molar-refractivity contribution in [3.63, 3.8) is 0 Å². The van der Waals surface area contributed by atoms with E-state index in [1.54, 1.807) is 12.3 Å². The Hall–Kier alpha value is -2.26. The number of aromatic nitrogens is 2. The first-order valence-corrected chi connectivity index (χ1v) is 11.2. The molecule has 1 aliphatic rings. The number of piperazine rings is 1. The summed E-state index contributed by atoms with van der Waals surface area (Å²) in [6, 6.07) is 7.45. The number of rotatable bonds is 7. The number of amides is 1. The first-order chi connectivity index (χ1) is 14.5. The standard InChI is InChI=1S/C21H25ClN6OS/c1-27-8-10-28(11-9-27)7-3-6-24-21-25-13-16(22)19(26-21)18-12-15-14(20(23)29)4-2-5-17(15)30-18/h2,4-5,12-13H,3,6-11H2,1H3,(H2,23,29)(H,24,25,26). The molecule has 0 atom stereocenters. The fourth-order valence-corrected chi connectivity index (χ4v) is 4.93. The molecule has 1 aliphatic heterocycles. The SMILES string of the molecule is CN1CCN(CCCNc2ncc(Cl)c(-c3cc4c(C(N)=O)cccc4s3)n2)CC1. The second kappa shape index (κ2) is 9.26. The number of nitrogens with two attached hydrogens (primary N) is 1. The van der Waals surface area contributed by atoms with Crippen LogP contribution < -0.4 is 11.1 Å². The van der Waals surface area contributed by atoms with Gasteiger partial charge in [0.1, 0.15) is 5.69 Å². The second-order valence-corrected chi connectivity index (χ2v) is 9.00. The molecule has 0 aliphatic carbocycles. The highest BCUT2D eigenvalue weighted by molar-refractivity contribution is 7.22. The average Bonchev–Trinajstić information content (AvgIpc) is 3.17. The molecule has 4 rings (SSSR count). The van der Waals surface area contributed by atoms with Crippen LogP contribution in [-0.4, -0.2) is 72.0 Å². The summed E-state index contributed by atoms with van der Waals surface area (Å²) in [7, 11) is 2.17. The van der Waals surface area contributed by atoms with Crippen molar-refractivity contribution >= 4 is 44.9 Å². The molecular weight excluding hydrogens is 420 g/mol. The number of nitrogens with zero attached hydrogens (tertiary/aromatic N) is 4. The molecule has 1 aromatic carbocycles. The maximum atomic E-state index is 11.7. The fourth-order valence-electron chi connectivity index (χ4n) is 3.59. The van der Waals surface area contributed by atoms with Crippen molar-refractivity contribution < 1.29 is 4.79 Å². The van der Waals surface area contributed by atoms with Crippen molar-refractivity contribution in [2.45, 2.75) is 6.42 Å². The number of thiophene rings is 1. The van der Waals surface area contributed by atoms with Gasteiger partial charge in [0.05, 0.1) is 16.1 Å². The van der Waals surface area contributed by atoms with Crippen LogP contribution in [0.25, 0.3) is 20.7 Å². The summed E-state index contributed by atoms with van der Waals surface area (Å²) < 4.78 is 0.970. The van der Waals surface area contributed by atoms with Gasteiger partial charge in [0.25, 0.3) is 0 Å². The zero-order valence-electron chi connectivity index (χ0n) is 16.9. The Bertz CT molecular complexity index is 1050. The summed E-state index contributed by atoms with van der Waals surface area (Å²) in [6.07, 6.45) is 2.64. The lowest BCUT2D eigenvalue weighted by Crippen LogP contribution is -2.44. The van der Waals surface area contributed by atoms with E-state index in [0.29, 0.717) is 22.2 Å². The minimum atomic E-state index is -0.443. The van der Waals surface area contributed by atoms with Crippen molar-refractivity contribution in [1.29, 1.82) is 0 Å². The number of anilines is 1. The predicted molar refractivity (Wildman–Crippen MR) is 123 cm³/mol. The summed E-state index contributed by atoms with van der Waals surface area (Å²) in [5, 5.41) is 4.60. The van der Waals surface area contributed by atoms with Crippen molar-refractivity contribution in [2.24, 2.45) is 5.73 Å². The van der Waals surface area contributed by atoms with Crippen LogP contribution in [0.15, 0.2) is 30.5 Å². The van der Waals surface area contributed by atoms with E-state index in [9.17, 15) is 4.79 Å². The maximum Gasteiger partial charge on any atom is 0.249 e. The topological polar surface area (TPSA) is 87.4 Å². The largest absolute Gasteiger partial charge is 0.366 e. The highest BCUT2D eigenvalue weighted by Gasteiger charge is 2.16. The lowest BCUT2D eigenvalue weighted by Gasteiger charge is -2.32. The molecule has 30 heavy (non-hydrogen) atoms. The van der Waals surface area contributed by atoms with Crippen molar-refractivity contribution in [3.8, 4) is 10.6 Å². The average molecular weight is 445 g/mol. The number of hydrogen-bond donors (Lipinski definition) is 2. The molecule has 9 heteroatoms. The highest BCUT2D eigenvalue weighted by Crippen LogP contribution is 2.37. The van der Waals surface area contributed by atoms with E-state index in [0.717, 1.165) is 60.7 Å². The van der Waals surface area contributed by atoms with Gasteiger partial charge in [0.15, 0.2) is 0 Å². The van der Waals surface area contributed by atoms with Gasteiger partial charge in [0, 0.05) is 48.4 Å². The van der Waals surface area contributed by atoms with Gasteiger partial charge in [-0.25, -0.2) is 9.97 Å². The molecule has 0 bridgehead atoms. The number of nitrogens with one attached hydrogen (secondary N) is 1. The second-order valence-electron chi connectivity index (χ2n) is 7.51. The van der Waals surface area contributed by atoms with Gasteiger partial charge in [-0.2, -0.15) is 0 Å². The van der Waals surface area contributed by atoms with Gasteiger partial charge >= 0.3 is 0 Å². The molecule has 0 spiro atoms. The van der Waals surface area contributed by atoms with E-state index in [2.05, 4.69) is 32.1 Å². The highest BCUT2D eigenvalue weighted by atomic mass is 35.5. The zero-order valence-corrected chi connectivity index (χ0v) is 18.5.